The number of carboxylic acids is 1. The molecule has 0 bridgehead atoms. The van der Waals surface area contributed by atoms with Crippen molar-refractivity contribution in [1.82, 2.24) is 14.3 Å². The quantitative estimate of drug-likeness (QED) is 0.174. The average molecular weight is 540 g/mol. The monoisotopic (exact) mass is 539 g/mol. The molecule has 9 heteroatoms. The fourth-order valence-electron chi connectivity index (χ4n) is 3.95. The third kappa shape index (κ3) is 8.34. The number of nitrogens with zero attached hydrogens (tertiary/aromatic N) is 3. The van der Waals surface area contributed by atoms with Crippen molar-refractivity contribution in [2.45, 2.75) is 83.4 Å². The molecule has 0 radical (unpaired) electrons. The number of esters is 1. The van der Waals surface area contributed by atoms with Gasteiger partial charge in [0, 0.05) is 11.4 Å². The molecule has 3 rings (SSSR count). The predicted octanol–water partition coefficient (Wildman–Crippen LogP) is 5.50. The first-order chi connectivity index (χ1) is 18.1. The lowest BCUT2D eigenvalue weighted by Crippen LogP contribution is -2.26. The molecule has 38 heavy (non-hydrogen) atoms. The number of hydrogen-bond acceptors (Lipinski definition) is 6. The summed E-state index contributed by atoms with van der Waals surface area (Å²) in [6.07, 6.45) is 4.04. The Kier molecular flexibility index (Phi) is 10.4. The highest BCUT2D eigenvalue weighted by molar-refractivity contribution is 8.00. The maximum Gasteiger partial charge on any atom is 0.346 e. The van der Waals surface area contributed by atoms with Gasteiger partial charge < -0.3 is 9.84 Å². The number of carbonyl (C=O) groups is 2. The number of ether oxygens (including phenoxy) is 1. The maximum absolute atomic E-state index is 13.2. The van der Waals surface area contributed by atoms with E-state index in [9.17, 15) is 14.4 Å². The number of carboxylic acid groups (broad SMARTS) is 1. The van der Waals surface area contributed by atoms with Crippen LogP contribution in [-0.2, 0) is 34.6 Å². The third-order valence-corrected chi connectivity index (χ3v) is 7.17. The number of benzene rings is 2. The van der Waals surface area contributed by atoms with Gasteiger partial charge in [0.1, 0.15) is 0 Å². The van der Waals surface area contributed by atoms with Gasteiger partial charge in [-0.3, -0.25) is 9.36 Å². The second kappa shape index (κ2) is 13.5. The predicted molar refractivity (Wildman–Crippen MR) is 149 cm³/mol. The fourth-order valence-corrected chi connectivity index (χ4v) is 4.56. The van der Waals surface area contributed by atoms with E-state index < -0.39 is 11.9 Å². The van der Waals surface area contributed by atoms with Gasteiger partial charge in [-0.15, -0.1) is 11.8 Å². The van der Waals surface area contributed by atoms with Crippen molar-refractivity contribution in [3.05, 3.63) is 81.5 Å². The van der Waals surface area contributed by atoms with Gasteiger partial charge in [0.15, 0.2) is 12.4 Å². The molecule has 1 aromatic heterocycles. The van der Waals surface area contributed by atoms with E-state index in [0.717, 1.165) is 36.1 Å². The van der Waals surface area contributed by atoms with E-state index in [4.69, 9.17) is 9.84 Å². The highest BCUT2D eigenvalue weighted by Gasteiger charge is 2.17. The Morgan fingerprint density at radius 2 is 1.68 bits per heavy atom. The summed E-state index contributed by atoms with van der Waals surface area (Å²) in [4.78, 5) is 37.4. The Bertz CT molecular complexity index is 1270. The second-order valence-corrected chi connectivity index (χ2v) is 11.3. The van der Waals surface area contributed by atoms with E-state index in [-0.39, 0.29) is 23.5 Å². The summed E-state index contributed by atoms with van der Waals surface area (Å²) in [6.45, 7) is 9.35. The summed E-state index contributed by atoms with van der Waals surface area (Å²) in [7, 11) is 0. The smallest absolute Gasteiger partial charge is 0.346 e. The molecule has 2 aromatic carbocycles. The highest BCUT2D eigenvalue weighted by atomic mass is 32.2. The second-order valence-electron chi connectivity index (χ2n) is 10.3. The Labute approximate surface area is 228 Å². The molecule has 0 spiro atoms. The van der Waals surface area contributed by atoms with E-state index in [1.165, 1.54) is 22.0 Å². The van der Waals surface area contributed by atoms with Crippen LogP contribution in [0.2, 0.25) is 0 Å². The molecule has 3 aromatic rings. The average Bonchev–Trinajstić information content (AvgIpc) is 3.17. The molecule has 0 aliphatic heterocycles. The van der Waals surface area contributed by atoms with Crippen molar-refractivity contribution in [2.24, 2.45) is 0 Å². The number of thioether (sulfide) groups is 1. The number of unbranched alkanes of at least 4 members (excludes halogenated alkanes) is 3. The molecule has 0 saturated carbocycles. The van der Waals surface area contributed by atoms with Crippen molar-refractivity contribution in [3.8, 4) is 0 Å². The minimum absolute atomic E-state index is 0.0457. The maximum atomic E-state index is 13.2. The van der Waals surface area contributed by atoms with Crippen molar-refractivity contribution in [3.63, 3.8) is 0 Å². The highest BCUT2D eigenvalue weighted by Crippen LogP contribution is 2.22. The van der Waals surface area contributed by atoms with Gasteiger partial charge in [0.05, 0.1) is 17.9 Å². The molecule has 0 aliphatic carbocycles. The van der Waals surface area contributed by atoms with Crippen LogP contribution in [0.25, 0.3) is 0 Å². The number of carbonyl (C=O) groups excluding carboxylic acids is 1. The minimum Gasteiger partial charge on any atom is -0.481 e. The SMILES string of the molecule is CCCCCCn1c(COC(=O)c2ccc(SCC(=O)O)cc2)nn(Cc2ccc(C(C)(C)C)cc2)c1=O. The molecule has 204 valence electrons. The largest absolute Gasteiger partial charge is 0.481 e. The first-order valence-corrected chi connectivity index (χ1v) is 13.9. The molecule has 0 aliphatic rings. The van der Waals surface area contributed by atoms with E-state index in [1.54, 1.807) is 28.8 Å². The van der Waals surface area contributed by atoms with Crippen LogP contribution < -0.4 is 5.69 Å². The van der Waals surface area contributed by atoms with Gasteiger partial charge >= 0.3 is 17.6 Å². The van der Waals surface area contributed by atoms with Crippen molar-refractivity contribution in [1.29, 1.82) is 0 Å². The van der Waals surface area contributed by atoms with Gasteiger partial charge in [-0.1, -0.05) is 71.2 Å². The summed E-state index contributed by atoms with van der Waals surface area (Å²) in [6, 6.07) is 14.8. The summed E-state index contributed by atoms with van der Waals surface area (Å²) in [5.74, 6) is -1.07. The lowest BCUT2D eigenvalue weighted by molar-refractivity contribution is -0.133. The van der Waals surface area contributed by atoms with Crippen molar-refractivity contribution < 1.29 is 19.4 Å². The number of aromatic nitrogens is 3. The van der Waals surface area contributed by atoms with Crippen LogP contribution in [0.5, 0.6) is 0 Å². The summed E-state index contributed by atoms with van der Waals surface area (Å²) in [5, 5.41) is 13.3. The van der Waals surface area contributed by atoms with Gasteiger partial charge in [-0.2, -0.15) is 5.10 Å². The standard InChI is InChI=1S/C29H37N3O5S/c1-5-6-7-8-17-31-25(19-37-27(35)22-11-15-24(16-12-22)38-20-26(33)34)30-32(28(31)36)18-21-9-13-23(14-10-21)29(2,3)4/h9-16H,5-8,17-20H2,1-4H3,(H,33,34). The first-order valence-electron chi connectivity index (χ1n) is 13.0. The zero-order chi connectivity index (χ0) is 27.7. The minimum atomic E-state index is -0.902. The zero-order valence-electron chi connectivity index (χ0n) is 22.6. The molecule has 0 fully saturated rings. The molecule has 0 unspecified atom stereocenters. The normalized spacial score (nSPS) is 11.5. The van der Waals surface area contributed by atoms with Gasteiger partial charge in [0.2, 0.25) is 0 Å². The number of rotatable bonds is 13. The van der Waals surface area contributed by atoms with E-state index in [2.05, 4.69) is 44.9 Å². The Hall–Kier alpha value is -3.33. The molecular formula is C29H37N3O5S. The fraction of sp³-hybridized carbons (Fsp3) is 0.448. The molecule has 0 amide bonds. The lowest BCUT2D eigenvalue weighted by Gasteiger charge is -2.19. The molecule has 1 N–H and O–H groups in total. The van der Waals surface area contributed by atoms with Crippen LogP contribution >= 0.6 is 11.8 Å². The van der Waals surface area contributed by atoms with Crippen LogP contribution in [0.3, 0.4) is 0 Å². The van der Waals surface area contributed by atoms with Crippen LogP contribution in [0.1, 0.15) is 80.7 Å². The first kappa shape index (κ1) is 29.2. The Balaban J connectivity index is 1.73. The Morgan fingerprint density at radius 1 is 1.00 bits per heavy atom. The number of aliphatic carboxylic acids is 1. The number of hydrogen-bond donors (Lipinski definition) is 1. The lowest BCUT2D eigenvalue weighted by atomic mass is 9.87. The van der Waals surface area contributed by atoms with E-state index >= 15 is 0 Å². The van der Waals surface area contributed by atoms with Crippen LogP contribution in [0.4, 0.5) is 0 Å². The van der Waals surface area contributed by atoms with Gasteiger partial charge in [-0.25, -0.2) is 14.3 Å². The molecular weight excluding hydrogens is 502 g/mol. The molecule has 0 atom stereocenters. The van der Waals surface area contributed by atoms with E-state index in [1.807, 2.05) is 12.1 Å². The summed E-state index contributed by atoms with van der Waals surface area (Å²) < 4.78 is 8.56. The van der Waals surface area contributed by atoms with Crippen molar-refractivity contribution in [2.75, 3.05) is 5.75 Å². The van der Waals surface area contributed by atoms with Crippen LogP contribution in [0, 0.1) is 0 Å². The molecule has 1 heterocycles. The van der Waals surface area contributed by atoms with Crippen LogP contribution in [-0.4, -0.2) is 37.1 Å². The van der Waals surface area contributed by atoms with Gasteiger partial charge in [-0.05, 0) is 47.2 Å². The zero-order valence-corrected chi connectivity index (χ0v) is 23.4. The molecule has 8 nitrogen and oxygen atoms in total. The summed E-state index contributed by atoms with van der Waals surface area (Å²) >= 11 is 1.18. The van der Waals surface area contributed by atoms with Crippen LogP contribution in [0.15, 0.2) is 58.2 Å². The van der Waals surface area contributed by atoms with Gasteiger partial charge in [0.25, 0.3) is 0 Å². The Morgan fingerprint density at radius 3 is 2.29 bits per heavy atom. The summed E-state index contributed by atoms with van der Waals surface area (Å²) in [5.41, 5.74) is 2.37. The van der Waals surface area contributed by atoms with Crippen molar-refractivity contribution >= 4 is 23.7 Å². The topological polar surface area (TPSA) is 103 Å². The van der Waals surface area contributed by atoms with E-state index in [0.29, 0.717) is 24.5 Å². The molecule has 0 saturated heterocycles. The third-order valence-electron chi connectivity index (χ3n) is 6.17.